The zero-order valence-corrected chi connectivity index (χ0v) is 13.0. The Morgan fingerprint density at radius 2 is 1.55 bits per heavy atom. The van der Waals surface area contributed by atoms with Gasteiger partial charge in [0.05, 0.1) is 18.9 Å². The third-order valence-electron chi connectivity index (χ3n) is 3.65. The monoisotopic (exact) mass is 318 g/mol. The summed E-state index contributed by atoms with van der Waals surface area (Å²) in [6.07, 6.45) is 0.286. The minimum absolute atomic E-state index is 0.000330. The Bertz CT molecular complexity index is 862. The van der Waals surface area contributed by atoms with Crippen LogP contribution in [0.4, 0.5) is 0 Å². The van der Waals surface area contributed by atoms with Gasteiger partial charge in [0.1, 0.15) is 0 Å². The number of sulfonamides is 1. The van der Waals surface area contributed by atoms with Crippen molar-refractivity contribution in [3.05, 3.63) is 48.5 Å². The highest BCUT2D eigenvalue weighted by molar-refractivity contribution is 7.88. The summed E-state index contributed by atoms with van der Waals surface area (Å²) in [5.41, 5.74) is 2.06. The molecule has 0 unspecified atom stereocenters. The second-order valence-corrected chi connectivity index (χ2v) is 7.25. The topological polar surface area (TPSA) is 71.3 Å². The zero-order chi connectivity index (χ0) is 15.7. The highest BCUT2D eigenvalue weighted by Gasteiger charge is 2.14. The molecule has 0 aliphatic heterocycles. The maximum absolute atomic E-state index is 11.1. The Labute approximate surface area is 129 Å². The van der Waals surface area contributed by atoms with Crippen molar-refractivity contribution in [3.63, 3.8) is 0 Å². The van der Waals surface area contributed by atoms with Crippen molar-refractivity contribution in [2.24, 2.45) is 0 Å². The van der Waals surface area contributed by atoms with Crippen molar-refractivity contribution in [1.29, 1.82) is 0 Å². The Kier molecular flexibility index (Phi) is 3.90. The molecule has 3 rings (SSSR count). The van der Waals surface area contributed by atoms with Crippen molar-refractivity contribution in [2.45, 2.75) is 12.6 Å². The molecule has 3 aromatic rings. The number of hydrogen-bond donors (Lipinski definition) is 2. The molecule has 1 aromatic heterocycles. The molecule has 6 heteroatoms. The van der Waals surface area contributed by atoms with Gasteiger partial charge in [-0.3, -0.25) is 0 Å². The standard InChI is InChI=1S/C16H18N2O3S/c1-22(20,21)17-10-12(19)11-18-15-8-4-2-6-13(15)14-7-3-5-9-16(14)18/h2-9,12,17,19H,10-11H2,1H3/t12-/m0/s1. The number of aliphatic hydroxyl groups excluding tert-OH is 1. The van der Waals surface area contributed by atoms with Gasteiger partial charge in [-0.25, -0.2) is 13.1 Å². The summed E-state index contributed by atoms with van der Waals surface area (Å²) in [5, 5.41) is 12.4. The number of hydrogen-bond acceptors (Lipinski definition) is 3. The lowest BCUT2D eigenvalue weighted by atomic mass is 10.2. The Morgan fingerprint density at radius 1 is 1.05 bits per heavy atom. The maximum Gasteiger partial charge on any atom is 0.208 e. The van der Waals surface area contributed by atoms with E-state index in [1.807, 2.05) is 41.0 Å². The summed E-state index contributed by atoms with van der Waals surface area (Å²) in [7, 11) is -3.30. The van der Waals surface area contributed by atoms with Gasteiger partial charge in [0, 0.05) is 28.4 Å². The van der Waals surface area contributed by atoms with Crippen LogP contribution in [0.3, 0.4) is 0 Å². The molecule has 0 saturated heterocycles. The Hall–Kier alpha value is -1.89. The number of nitrogens with one attached hydrogen (secondary N) is 1. The second kappa shape index (κ2) is 5.72. The molecular formula is C16H18N2O3S. The van der Waals surface area contributed by atoms with Crippen molar-refractivity contribution >= 4 is 31.8 Å². The first kappa shape index (κ1) is 15.0. The van der Waals surface area contributed by atoms with E-state index in [0.29, 0.717) is 6.54 Å². The van der Waals surface area contributed by atoms with Crippen LogP contribution in [0, 0.1) is 0 Å². The SMILES string of the molecule is CS(=O)(=O)NC[C@H](O)Cn1c2ccccc2c2ccccc21. The summed E-state index contributed by atoms with van der Waals surface area (Å²) < 4.78 is 26.6. The average molecular weight is 318 g/mol. The van der Waals surface area contributed by atoms with Gasteiger partial charge < -0.3 is 9.67 Å². The molecule has 0 saturated carbocycles. The van der Waals surface area contributed by atoms with Crippen LogP contribution in [0.25, 0.3) is 21.8 Å². The summed E-state index contributed by atoms with van der Waals surface area (Å²) in [6, 6.07) is 16.0. The van der Waals surface area contributed by atoms with E-state index in [-0.39, 0.29) is 6.54 Å². The first-order valence-corrected chi connectivity index (χ1v) is 8.93. The average Bonchev–Trinajstić information content (AvgIpc) is 2.80. The lowest BCUT2D eigenvalue weighted by Crippen LogP contribution is -2.33. The molecule has 0 spiro atoms. The summed E-state index contributed by atoms with van der Waals surface area (Å²) in [5.74, 6) is 0. The molecule has 22 heavy (non-hydrogen) atoms. The number of fused-ring (bicyclic) bond motifs is 3. The second-order valence-electron chi connectivity index (χ2n) is 5.42. The van der Waals surface area contributed by atoms with Gasteiger partial charge in [0.25, 0.3) is 0 Å². The molecule has 0 fully saturated rings. The van der Waals surface area contributed by atoms with Crippen molar-refractivity contribution in [1.82, 2.24) is 9.29 Å². The van der Waals surface area contributed by atoms with Gasteiger partial charge in [-0.15, -0.1) is 0 Å². The minimum Gasteiger partial charge on any atom is -0.390 e. The zero-order valence-electron chi connectivity index (χ0n) is 12.2. The molecule has 0 amide bonds. The van der Waals surface area contributed by atoms with E-state index in [0.717, 1.165) is 28.1 Å². The van der Waals surface area contributed by atoms with Crippen molar-refractivity contribution in [2.75, 3.05) is 12.8 Å². The predicted molar refractivity (Wildman–Crippen MR) is 88.3 cm³/mol. The molecule has 0 aliphatic rings. The molecule has 116 valence electrons. The number of aliphatic hydroxyl groups is 1. The van der Waals surface area contributed by atoms with E-state index in [4.69, 9.17) is 0 Å². The van der Waals surface area contributed by atoms with E-state index < -0.39 is 16.1 Å². The number of rotatable bonds is 5. The third kappa shape index (κ3) is 2.99. The van der Waals surface area contributed by atoms with Crippen LogP contribution in [0.15, 0.2) is 48.5 Å². The molecule has 2 N–H and O–H groups in total. The molecule has 2 aromatic carbocycles. The van der Waals surface area contributed by atoms with Crippen LogP contribution in [0.2, 0.25) is 0 Å². The molecule has 0 aliphatic carbocycles. The normalized spacial score (nSPS) is 13.7. The van der Waals surface area contributed by atoms with Gasteiger partial charge in [-0.2, -0.15) is 0 Å². The lowest BCUT2D eigenvalue weighted by molar-refractivity contribution is 0.161. The lowest BCUT2D eigenvalue weighted by Gasteiger charge is -2.14. The van der Waals surface area contributed by atoms with Gasteiger partial charge in [-0.05, 0) is 12.1 Å². The van der Waals surface area contributed by atoms with E-state index in [1.54, 1.807) is 0 Å². The van der Waals surface area contributed by atoms with Crippen LogP contribution in [-0.4, -0.2) is 37.0 Å². The Balaban J connectivity index is 1.98. The maximum atomic E-state index is 11.1. The van der Waals surface area contributed by atoms with Gasteiger partial charge in [-0.1, -0.05) is 36.4 Å². The summed E-state index contributed by atoms with van der Waals surface area (Å²) in [6.45, 7) is 0.330. The molecule has 1 atom stereocenters. The largest absolute Gasteiger partial charge is 0.390 e. The van der Waals surface area contributed by atoms with Gasteiger partial charge >= 0.3 is 0 Å². The van der Waals surface area contributed by atoms with Crippen molar-refractivity contribution in [3.8, 4) is 0 Å². The van der Waals surface area contributed by atoms with Crippen LogP contribution in [0.1, 0.15) is 0 Å². The molecule has 0 radical (unpaired) electrons. The fourth-order valence-electron chi connectivity index (χ4n) is 2.72. The molecule has 5 nitrogen and oxygen atoms in total. The van der Waals surface area contributed by atoms with Crippen molar-refractivity contribution < 1.29 is 13.5 Å². The van der Waals surface area contributed by atoms with E-state index in [2.05, 4.69) is 16.9 Å². The number of para-hydroxylation sites is 2. The quantitative estimate of drug-likeness (QED) is 0.752. The van der Waals surface area contributed by atoms with Crippen LogP contribution in [-0.2, 0) is 16.6 Å². The number of nitrogens with zero attached hydrogens (tertiary/aromatic N) is 1. The number of aromatic nitrogens is 1. The fourth-order valence-corrected chi connectivity index (χ4v) is 3.22. The highest BCUT2D eigenvalue weighted by Crippen LogP contribution is 2.28. The minimum atomic E-state index is -3.30. The number of benzene rings is 2. The van der Waals surface area contributed by atoms with Gasteiger partial charge in [0.2, 0.25) is 10.0 Å². The van der Waals surface area contributed by atoms with E-state index in [9.17, 15) is 13.5 Å². The molecule has 1 heterocycles. The highest BCUT2D eigenvalue weighted by atomic mass is 32.2. The Morgan fingerprint density at radius 3 is 2.05 bits per heavy atom. The van der Waals surface area contributed by atoms with Crippen LogP contribution in [0.5, 0.6) is 0 Å². The fraction of sp³-hybridized carbons (Fsp3) is 0.250. The van der Waals surface area contributed by atoms with E-state index >= 15 is 0 Å². The molecule has 0 bridgehead atoms. The smallest absolute Gasteiger partial charge is 0.208 e. The summed E-state index contributed by atoms with van der Waals surface area (Å²) in [4.78, 5) is 0. The van der Waals surface area contributed by atoms with Crippen LogP contribution < -0.4 is 4.72 Å². The van der Waals surface area contributed by atoms with Gasteiger partial charge in [0.15, 0.2) is 0 Å². The predicted octanol–water partition coefficient (Wildman–Crippen LogP) is 1.70. The molecular weight excluding hydrogens is 300 g/mol. The van der Waals surface area contributed by atoms with Crippen LogP contribution >= 0.6 is 0 Å². The first-order valence-electron chi connectivity index (χ1n) is 7.04. The third-order valence-corrected chi connectivity index (χ3v) is 4.35. The van der Waals surface area contributed by atoms with E-state index in [1.165, 1.54) is 0 Å². The summed E-state index contributed by atoms with van der Waals surface area (Å²) >= 11 is 0. The first-order chi connectivity index (χ1) is 10.5.